The third-order valence-electron chi connectivity index (χ3n) is 6.52. The highest BCUT2D eigenvalue weighted by Gasteiger charge is 2.65. The van der Waals surface area contributed by atoms with Crippen molar-refractivity contribution < 1.29 is 14.3 Å². The Morgan fingerprint density at radius 1 is 1.24 bits per heavy atom. The molecule has 25 heavy (non-hydrogen) atoms. The van der Waals surface area contributed by atoms with E-state index in [-0.39, 0.29) is 23.1 Å². The SMILES string of the molecule is CC1=CCC[C@@]2(CO2)[C@@H]2CC(C)(C)[C@@H]2[C@@H](OC(=O)c2ccccc2)C1. The number of fused-ring (bicyclic) bond motifs is 2. The lowest BCUT2D eigenvalue weighted by Crippen LogP contribution is -2.56. The van der Waals surface area contributed by atoms with Crippen LogP contribution in [-0.2, 0) is 9.47 Å². The van der Waals surface area contributed by atoms with Gasteiger partial charge < -0.3 is 9.47 Å². The lowest BCUT2D eigenvalue weighted by molar-refractivity contribution is -0.127. The van der Waals surface area contributed by atoms with Crippen LogP contribution in [0.3, 0.4) is 0 Å². The topological polar surface area (TPSA) is 38.8 Å². The van der Waals surface area contributed by atoms with Crippen molar-refractivity contribution in [2.75, 3.05) is 6.61 Å². The Hall–Kier alpha value is -1.61. The zero-order chi connectivity index (χ0) is 17.7. The first-order chi connectivity index (χ1) is 11.9. The van der Waals surface area contributed by atoms with Gasteiger partial charge in [0.2, 0.25) is 0 Å². The number of hydrogen-bond acceptors (Lipinski definition) is 3. The minimum atomic E-state index is -0.204. The van der Waals surface area contributed by atoms with Crippen molar-refractivity contribution >= 4 is 5.97 Å². The molecule has 0 unspecified atom stereocenters. The molecule has 2 aliphatic carbocycles. The van der Waals surface area contributed by atoms with E-state index in [1.54, 1.807) is 0 Å². The standard InChI is InChI=1S/C22H28O3/c1-15-8-7-11-22(14-24-22)17-13-21(2,3)19(17)18(12-15)25-20(23)16-9-5-4-6-10-16/h4-6,8-10,17-19H,7,11-14H2,1-3H3/t17-,18+,19+,22-/m1/s1. The van der Waals surface area contributed by atoms with Crippen LogP contribution in [0.4, 0.5) is 0 Å². The molecular formula is C22H28O3. The van der Waals surface area contributed by atoms with Crippen molar-refractivity contribution in [1.82, 2.24) is 0 Å². The number of esters is 1. The van der Waals surface area contributed by atoms with Gasteiger partial charge in [-0.3, -0.25) is 0 Å². The maximum atomic E-state index is 12.7. The van der Waals surface area contributed by atoms with Gasteiger partial charge in [-0.1, -0.05) is 43.7 Å². The Morgan fingerprint density at radius 2 is 1.96 bits per heavy atom. The third kappa shape index (κ3) is 3.03. The molecule has 134 valence electrons. The fraction of sp³-hybridized carbons (Fsp3) is 0.591. The second-order valence-electron chi connectivity index (χ2n) is 8.78. The van der Waals surface area contributed by atoms with E-state index >= 15 is 0 Å². The lowest BCUT2D eigenvalue weighted by Gasteiger charge is -2.56. The molecule has 1 heterocycles. The predicted molar refractivity (Wildman–Crippen MR) is 97.3 cm³/mol. The van der Waals surface area contributed by atoms with E-state index in [0.29, 0.717) is 17.4 Å². The van der Waals surface area contributed by atoms with Gasteiger partial charge >= 0.3 is 5.97 Å². The number of allylic oxidation sites excluding steroid dienone is 1. The molecular weight excluding hydrogens is 312 g/mol. The summed E-state index contributed by atoms with van der Waals surface area (Å²) in [6.07, 6.45) is 6.40. The van der Waals surface area contributed by atoms with Crippen LogP contribution in [0.5, 0.6) is 0 Å². The second kappa shape index (κ2) is 5.98. The summed E-state index contributed by atoms with van der Waals surface area (Å²) in [5.74, 6) is 0.671. The Kier molecular flexibility index (Phi) is 4.03. The maximum absolute atomic E-state index is 12.7. The third-order valence-corrected chi connectivity index (χ3v) is 6.52. The molecule has 3 heteroatoms. The van der Waals surface area contributed by atoms with E-state index < -0.39 is 0 Å². The van der Waals surface area contributed by atoms with Crippen LogP contribution in [0.15, 0.2) is 42.0 Å². The molecule has 4 rings (SSSR count). The largest absolute Gasteiger partial charge is 0.458 e. The highest BCUT2D eigenvalue weighted by atomic mass is 16.6. The quantitative estimate of drug-likeness (QED) is 0.442. The lowest BCUT2D eigenvalue weighted by atomic mass is 9.49. The summed E-state index contributed by atoms with van der Waals surface area (Å²) in [4.78, 5) is 12.7. The van der Waals surface area contributed by atoms with Gasteiger partial charge in [0.05, 0.1) is 17.8 Å². The van der Waals surface area contributed by atoms with Gasteiger partial charge in [0.25, 0.3) is 0 Å². The second-order valence-corrected chi connectivity index (χ2v) is 8.78. The van der Waals surface area contributed by atoms with Crippen LogP contribution in [0.1, 0.15) is 56.8 Å². The molecule has 0 N–H and O–H groups in total. The Morgan fingerprint density at radius 3 is 2.60 bits per heavy atom. The number of hydrogen-bond donors (Lipinski definition) is 0. The molecule has 1 aromatic carbocycles. The summed E-state index contributed by atoms with van der Waals surface area (Å²) in [6.45, 7) is 7.65. The number of ether oxygens (including phenoxy) is 2. The van der Waals surface area contributed by atoms with Crippen LogP contribution in [0, 0.1) is 17.3 Å². The minimum Gasteiger partial charge on any atom is -0.458 e. The molecule has 0 amide bonds. The van der Waals surface area contributed by atoms with E-state index in [9.17, 15) is 4.79 Å². The van der Waals surface area contributed by atoms with Crippen LogP contribution >= 0.6 is 0 Å². The fourth-order valence-corrected chi connectivity index (χ4v) is 5.11. The molecule has 1 spiro atoms. The van der Waals surface area contributed by atoms with Gasteiger partial charge in [-0.05, 0) is 49.7 Å². The number of epoxide rings is 1. The van der Waals surface area contributed by atoms with Crippen LogP contribution < -0.4 is 0 Å². The van der Waals surface area contributed by atoms with E-state index in [1.807, 2.05) is 30.3 Å². The van der Waals surface area contributed by atoms with Crippen LogP contribution in [-0.4, -0.2) is 24.3 Å². The van der Waals surface area contributed by atoms with Crippen molar-refractivity contribution in [2.24, 2.45) is 17.3 Å². The molecule has 3 nitrogen and oxygen atoms in total. The molecule has 0 aromatic heterocycles. The Bertz CT molecular complexity index is 684. The molecule has 1 saturated carbocycles. The summed E-state index contributed by atoms with van der Waals surface area (Å²) in [5.41, 5.74) is 2.19. The summed E-state index contributed by atoms with van der Waals surface area (Å²) in [6, 6.07) is 9.34. The van der Waals surface area contributed by atoms with Crippen LogP contribution in [0.25, 0.3) is 0 Å². The van der Waals surface area contributed by atoms with Gasteiger partial charge in [-0.2, -0.15) is 0 Å². The van der Waals surface area contributed by atoms with E-state index in [0.717, 1.165) is 32.3 Å². The fourth-order valence-electron chi connectivity index (χ4n) is 5.11. The molecule has 1 aliphatic heterocycles. The van der Waals surface area contributed by atoms with Crippen LogP contribution in [0.2, 0.25) is 0 Å². The zero-order valence-corrected chi connectivity index (χ0v) is 15.5. The maximum Gasteiger partial charge on any atom is 0.338 e. The first-order valence-corrected chi connectivity index (χ1v) is 9.47. The van der Waals surface area contributed by atoms with E-state index in [4.69, 9.17) is 9.47 Å². The molecule has 1 saturated heterocycles. The smallest absolute Gasteiger partial charge is 0.338 e. The monoisotopic (exact) mass is 340 g/mol. The summed E-state index contributed by atoms with van der Waals surface area (Å²) in [7, 11) is 0. The zero-order valence-electron chi connectivity index (χ0n) is 15.5. The molecule has 3 aliphatic rings. The van der Waals surface area contributed by atoms with Crippen molar-refractivity contribution in [1.29, 1.82) is 0 Å². The highest BCUT2D eigenvalue weighted by Crippen LogP contribution is 2.63. The van der Waals surface area contributed by atoms with Crippen molar-refractivity contribution in [2.45, 2.75) is 58.2 Å². The summed E-state index contributed by atoms with van der Waals surface area (Å²) < 4.78 is 12.1. The van der Waals surface area contributed by atoms with E-state index in [2.05, 4.69) is 26.8 Å². The Labute approximate surface area is 150 Å². The molecule has 0 radical (unpaired) electrons. The van der Waals surface area contributed by atoms with Gasteiger partial charge in [-0.25, -0.2) is 4.79 Å². The van der Waals surface area contributed by atoms with Crippen molar-refractivity contribution in [3.63, 3.8) is 0 Å². The van der Waals surface area contributed by atoms with Crippen molar-refractivity contribution in [3.05, 3.63) is 47.5 Å². The van der Waals surface area contributed by atoms with Gasteiger partial charge in [-0.15, -0.1) is 0 Å². The normalized spacial score (nSPS) is 36.1. The Balaban J connectivity index is 1.61. The number of carbonyl (C=O) groups is 1. The average Bonchev–Trinajstić information content (AvgIpc) is 3.33. The molecule has 0 bridgehead atoms. The summed E-state index contributed by atoms with van der Waals surface area (Å²) >= 11 is 0. The first kappa shape index (κ1) is 16.8. The molecule has 2 fully saturated rings. The first-order valence-electron chi connectivity index (χ1n) is 9.47. The number of rotatable bonds is 2. The van der Waals surface area contributed by atoms with Crippen molar-refractivity contribution in [3.8, 4) is 0 Å². The highest BCUT2D eigenvalue weighted by molar-refractivity contribution is 5.89. The van der Waals surface area contributed by atoms with Gasteiger partial charge in [0, 0.05) is 12.3 Å². The number of benzene rings is 1. The van der Waals surface area contributed by atoms with Gasteiger partial charge in [0.15, 0.2) is 0 Å². The van der Waals surface area contributed by atoms with Gasteiger partial charge in [0.1, 0.15) is 6.10 Å². The summed E-state index contributed by atoms with van der Waals surface area (Å²) in [5, 5.41) is 0. The molecule has 4 atom stereocenters. The molecule has 1 aromatic rings. The predicted octanol–water partition coefficient (Wildman–Crippen LogP) is 4.77. The number of carbonyl (C=O) groups excluding carboxylic acids is 1. The minimum absolute atomic E-state index is 0.0404. The van der Waals surface area contributed by atoms with E-state index in [1.165, 1.54) is 5.57 Å². The average molecular weight is 340 g/mol.